The molecule has 0 heterocycles. The zero-order valence-electron chi connectivity index (χ0n) is 9.62. The number of rotatable bonds is 5. The summed E-state index contributed by atoms with van der Waals surface area (Å²) in [6.07, 6.45) is 2.86. The van der Waals surface area contributed by atoms with Crippen LogP contribution in [0.2, 0.25) is 0 Å². The lowest BCUT2D eigenvalue weighted by molar-refractivity contribution is 0.316. The molecule has 0 saturated carbocycles. The Bertz CT molecular complexity index is 326. The summed E-state index contributed by atoms with van der Waals surface area (Å²) in [6.45, 7) is 12.8. The molecule has 0 N–H and O–H groups in total. The third-order valence-electron chi connectivity index (χ3n) is 2.30. The van der Waals surface area contributed by atoms with Crippen molar-refractivity contribution in [3.8, 4) is 5.75 Å². The van der Waals surface area contributed by atoms with Crippen molar-refractivity contribution in [3.05, 3.63) is 42.8 Å². The van der Waals surface area contributed by atoms with Crippen LogP contribution < -0.4 is 4.74 Å². The Hall–Kier alpha value is -1.24. The van der Waals surface area contributed by atoms with Gasteiger partial charge in [0.2, 0.25) is 0 Å². The second kappa shape index (κ2) is 5.59. The molecule has 0 aliphatic carbocycles. The van der Waals surface area contributed by atoms with Gasteiger partial charge in [-0.05, 0) is 30.9 Å². The number of hydrogen-bond donors (Lipinski definition) is 0. The summed E-state index contributed by atoms with van der Waals surface area (Å²) in [4.78, 5) is 0. The van der Waals surface area contributed by atoms with E-state index in [0.717, 1.165) is 24.3 Å². The molecule has 1 nitrogen and oxygen atoms in total. The zero-order chi connectivity index (χ0) is 11.3. The lowest BCUT2D eigenvalue weighted by atomic mass is 9.96. The van der Waals surface area contributed by atoms with E-state index in [4.69, 9.17) is 4.74 Å². The van der Waals surface area contributed by atoms with Gasteiger partial charge in [-0.25, -0.2) is 0 Å². The third-order valence-corrected chi connectivity index (χ3v) is 2.30. The predicted octanol–water partition coefficient (Wildman–Crippen LogP) is 4.06. The lowest BCUT2D eigenvalue weighted by Gasteiger charge is -2.14. The van der Waals surface area contributed by atoms with E-state index >= 15 is 0 Å². The van der Waals surface area contributed by atoms with Gasteiger partial charge in [0.25, 0.3) is 0 Å². The maximum Gasteiger partial charge on any atom is 0.126 e. The van der Waals surface area contributed by atoms with Crippen molar-refractivity contribution in [2.45, 2.75) is 26.2 Å². The van der Waals surface area contributed by atoms with Crippen molar-refractivity contribution in [1.82, 2.24) is 0 Å². The molecule has 0 spiro atoms. The van der Waals surface area contributed by atoms with E-state index in [1.54, 1.807) is 0 Å². The second-order valence-electron chi connectivity index (χ2n) is 3.71. The van der Waals surface area contributed by atoms with Gasteiger partial charge in [-0.3, -0.25) is 0 Å². The van der Waals surface area contributed by atoms with Gasteiger partial charge in [0.15, 0.2) is 0 Å². The largest absolute Gasteiger partial charge is 0.493 e. The highest BCUT2D eigenvalue weighted by atomic mass is 16.5. The summed E-state index contributed by atoms with van der Waals surface area (Å²) < 4.78 is 5.67. The van der Waals surface area contributed by atoms with Crippen LogP contribution in [0.5, 0.6) is 5.75 Å². The Morgan fingerprint density at radius 1 is 1.47 bits per heavy atom. The fraction of sp³-hybridized carbons (Fsp3) is 0.357. The zero-order valence-corrected chi connectivity index (χ0v) is 9.62. The standard InChI is InChI=1S/C14H19O/c1-5-10-15-14-9-7-8-13(11(3)4)12(14)6-2/h6-9,11H,2-3,5,10H2,1,4H3. The molecule has 1 radical (unpaired) electrons. The quantitative estimate of drug-likeness (QED) is 0.701. The van der Waals surface area contributed by atoms with E-state index in [2.05, 4.69) is 33.4 Å². The van der Waals surface area contributed by atoms with Crippen molar-refractivity contribution in [1.29, 1.82) is 0 Å². The van der Waals surface area contributed by atoms with E-state index in [1.807, 2.05) is 18.2 Å². The first-order chi connectivity index (χ1) is 7.20. The Labute approximate surface area is 92.8 Å². The Morgan fingerprint density at radius 3 is 2.73 bits per heavy atom. The first-order valence-electron chi connectivity index (χ1n) is 5.42. The molecule has 1 atom stereocenters. The minimum atomic E-state index is 0.253. The van der Waals surface area contributed by atoms with Crippen molar-refractivity contribution >= 4 is 6.08 Å². The number of hydrogen-bond acceptors (Lipinski definition) is 1. The minimum absolute atomic E-state index is 0.253. The molecule has 81 valence electrons. The second-order valence-corrected chi connectivity index (χ2v) is 3.71. The van der Waals surface area contributed by atoms with Gasteiger partial charge in [0.1, 0.15) is 5.75 Å². The molecule has 0 aliphatic heterocycles. The van der Waals surface area contributed by atoms with Gasteiger partial charge in [-0.1, -0.05) is 38.6 Å². The van der Waals surface area contributed by atoms with Crippen LogP contribution in [0.1, 0.15) is 37.3 Å². The highest BCUT2D eigenvalue weighted by Gasteiger charge is 2.08. The molecule has 0 saturated heterocycles. The van der Waals surface area contributed by atoms with Crippen molar-refractivity contribution in [2.75, 3.05) is 6.61 Å². The molecule has 0 aliphatic rings. The van der Waals surface area contributed by atoms with Gasteiger partial charge in [-0.2, -0.15) is 0 Å². The average Bonchev–Trinajstić information content (AvgIpc) is 2.25. The fourth-order valence-corrected chi connectivity index (χ4v) is 1.55. The molecule has 1 aromatic rings. The molecule has 0 amide bonds. The fourth-order valence-electron chi connectivity index (χ4n) is 1.55. The molecule has 1 rings (SSSR count). The predicted molar refractivity (Wildman–Crippen MR) is 66.1 cm³/mol. The summed E-state index contributed by atoms with van der Waals surface area (Å²) in [5.41, 5.74) is 2.27. The van der Waals surface area contributed by atoms with Gasteiger partial charge >= 0.3 is 0 Å². The van der Waals surface area contributed by atoms with Crippen molar-refractivity contribution in [2.24, 2.45) is 0 Å². The monoisotopic (exact) mass is 203 g/mol. The molecular weight excluding hydrogens is 184 g/mol. The van der Waals surface area contributed by atoms with Crippen LogP contribution in [0, 0.1) is 6.92 Å². The number of ether oxygens (including phenoxy) is 1. The van der Waals surface area contributed by atoms with Crippen LogP contribution in [-0.2, 0) is 0 Å². The van der Waals surface area contributed by atoms with E-state index < -0.39 is 0 Å². The van der Waals surface area contributed by atoms with Gasteiger partial charge in [0.05, 0.1) is 6.61 Å². The highest BCUT2D eigenvalue weighted by Crippen LogP contribution is 2.28. The molecule has 0 aromatic heterocycles. The Kier molecular flexibility index (Phi) is 4.41. The van der Waals surface area contributed by atoms with Crippen molar-refractivity contribution < 1.29 is 4.74 Å². The molecule has 15 heavy (non-hydrogen) atoms. The lowest BCUT2D eigenvalue weighted by Crippen LogP contribution is -2.00. The summed E-state index contributed by atoms with van der Waals surface area (Å²) in [7, 11) is 0. The highest BCUT2D eigenvalue weighted by molar-refractivity contribution is 5.60. The molecule has 1 unspecified atom stereocenters. The Morgan fingerprint density at radius 2 is 2.20 bits per heavy atom. The van der Waals surface area contributed by atoms with E-state index in [-0.39, 0.29) is 5.92 Å². The van der Waals surface area contributed by atoms with Crippen LogP contribution in [0.3, 0.4) is 0 Å². The van der Waals surface area contributed by atoms with Crippen LogP contribution in [0.25, 0.3) is 6.08 Å². The first kappa shape index (κ1) is 11.8. The summed E-state index contributed by atoms with van der Waals surface area (Å²) in [5.74, 6) is 1.17. The number of benzene rings is 1. The minimum Gasteiger partial charge on any atom is -0.493 e. The van der Waals surface area contributed by atoms with Crippen LogP contribution in [-0.4, -0.2) is 6.61 Å². The van der Waals surface area contributed by atoms with Crippen LogP contribution in [0.4, 0.5) is 0 Å². The van der Waals surface area contributed by atoms with E-state index in [9.17, 15) is 0 Å². The average molecular weight is 203 g/mol. The van der Waals surface area contributed by atoms with Gasteiger partial charge in [0, 0.05) is 5.56 Å². The van der Waals surface area contributed by atoms with Gasteiger partial charge in [-0.15, -0.1) is 0 Å². The normalized spacial score (nSPS) is 10.4. The summed E-state index contributed by atoms with van der Waals surface area (Å²) in [5, 5.41) is 0. The van der Waals surface area contributed by atoms with Crippen LogP contribution in [0.15, 0.2) is 24.8 Å². The van der Waals surface area contributed by atoms with Crippen LogP contribution >= 0.6 is 0 Å². The SMILES string of the molecule is [CH2]C(C)c1cccc(OCCC)c1C=C. The Balaban J connectivity index is 3.04. The van der Waals surface area contributed by atoms with E-state index in [0.29, 0.717) is 0 Å². The van der Waals surface area contributed by atoms with E-state index in [1.165, 1.54) is 5.56 Å². The van der Waals surface area contributed by atoms with Gasteiger partial charge < -0.3 is 4.74 Å². The molecule has 1 aromatic carbocycles. The maximum atomic E-state index is 5.67. The summed E-state index contributed by atoms with van der Waals surface area (Å²) >= 11 is 0. The molecule has 0 bridgehead atoms. The summed E-state index contributed by atoms with van der Waals surface area (Å²) in [6, 6.07) is 6.07. The first-order valence-corrected chi connectivity index (χ1v) is 5.42. The van der Waals surface area contributed by atoms with Crippen molar-refractivity contribution in [3.63, 3.8) is 0 Å². The molecule has 0 fully saturated rings. The molecule has 1 heteroatoms. The maximum absolute atomic E-state index is 5.67. The third kappa shape index (κ3) is 2.85. The molecular formula is C14H19O. The topological polar surface area (TPSA) is 9.23 Å². The smallest absolute Gasteiger partial charge is 0.126 e.